The molecule has 0 fully saturated rings. The molecule has 2 rings (SSSR count). The summed E-state index contributed by atoms with van der Waals surface area (Å²) in [7, 11) is 0. The Labute approximate surface area is 109 Å². The maximum Gasteiger partial charge on any atom is 0.257 e. The monoisotopic (exact) mass is 247 g/mol. The van der Waals surface area contributed by atoms with Crippen molar-refractivity contribution in [3.63, 3.8) is 0 Å². The van der Waals surface area contributed by atoms with Crippen LogP contribution in [0.2, 0.25) is 0 Å². The third-order valence-corrected chi connectivity index (χ3v) is 3.29. The van der Waals surface area contributed by atoms with E-state index in [0.29, 0.717) is 0 Å². The molecule has 0 aliphatic heterocycles. The van der Waals surface area contributed by atoms with Crippen LogP contribution in [0.5, 0.6) is 5.75 Å². The predicted molar refractivity (Wildman–Crippen MR) is 71.9 cm³/mol. The van der Waals surface area contributed by atoms with Gasteiger partial charge >= 0.3 is 0 Å². The molecule has 3 heteroatoms. The zero-order valence-corrected chi connectivity index (χ0v) is 11.0. The summed E-state index contributed by atoms with van der Waals surface area (Å²) in [6.07, 6.45) is 5.65. The van der Waals surface area contributed by atoms with Crippen LogP contribution in [0.4, 0.5) is 0 Å². The molecule has 0 spiro atoms. The third-order valence-electron chi connectivity index (χ3n) is 3.29. The molecule has 3 nitrogen and oxygen atoms in total. The van der Waals surface area contributed by atoms with Gasteiger partial charge in [-0.1, -0.05) is 19.4 Å². The predicted octanol–water partition coefficient (Wildman–Crippen LogP) is 2.47. The van der Waals surface area contributed by atoms with E-state index >= 15 is 0 Å². The standard InChI is InChI=1S/C15H21NO2/c1-2-3-9-16-15(17)11-18-14-8-7-12-5-4-6-13(12)10-14/h7-8,10H,2-6,9,11H2,1H3,(H,16,17). The first-order valence-electron chi connectivity index (χ1n) is 6.81. The molecular formula is C15H21NO2. The van der Waals surface area contributed by atoms with Gasteiger partial charge in [-0.25, -0.2) is 0 Å². The van der Waals surface area contributed by atoms with Crippen molar-refractivity contribution in [3.8, 4) is 5.75 Å². The van der Waals surface area contributed by atoms with Gasteiger partial charge in [0.05, 0.1) is 0 Å². The fourth-order valence-corrected chi connectivity index (χ4v) is 2.24. The summed E-state index contributed by atoms with van der Waals surface area (Å²) in [4.78, 5) is 11.5. The number of ether oxygens (including phenoxy) is 1. The van der Waals surface area contributed by atoms with Crippen LogP contribution >= 0.6 is 0 Å². The van der Waals surface area contributed by atoms with E-state index in [1.807, 2.05) is 6.07 Å². The molecule has 0 atom stereocenters. The molecule has 0 aromatic heterocycles. The molecule has 1 aliphatic carbocycles. The summed E-state index contributed by atoms with van der Waals surface area (Å²) in [5.74, 6) is 0.769. The molecule has 98 valence electrons. The van der Waals surface area contributed by atoms with Gasteiger partial charge in [-0.05, 0) is 48.9 Å². The minimum Gasteiger partial charge on any atom is -0.484 e. The van der Waals surface area contributed by atoms with E-state index in [4.69, 9.17) is 4.74 Å². The zero-order valence-electron chi connectivity index (χ0n) is 11.0. The Morgan fingerprint density at radius 2 is 2.17 bits per heavy atom. The molecule has 1 aromatic rings. The van der Waals surface area contributed by atoms with Crippen LogP contribution in [0.3, 0.4) is 0 Å². The topological polar surface area (TPSA) is 38.3 Å². The van der Waals surface area contributed by atoms with Crippen LogP contribution in [0.15, 0.2) is 18.2 Å². The third kappa shape index (κ3) is 3.49. The highest BCUT2D eigenvalue weighted by molar-refractivity contribution is 5.77. The summed E-state index contributed by atoms with van der Waals surface area (Å²) in [5.41, 5.74) is 2.80. The second kappa shape index (κ2) is 6.43. The lowest BCUT2D eigenvalue weighted by atomic mass is 10.1. The van der Waals surface area contributed by atoms with Crippen LogP contribution < -0.4 is 10.1 Å². The number of rotatable bonds is 6. The number of hydrogen-bond donors (Lipinski definition) is 1. The van der Waals surface area contributed by atoms with Crippen molar-refractivity contribution in [1.82, 2.24) is 5.32 Å². The number of benzene rings is 1. The Balaban J connectivity index is 1.78. The van der Waals surface area contributed by atoms with Gasteiger partial charge in [0.15, 0.2) is 6.61 Å². The van der Waals surface area contributed by atoms with Gasteiger partial charge in [0, 0.05) is 6.54 Å². The normalized spacial score (nSPS) is 13.2. The van der Waals surface area contributed by atoms with Gasteiger partial charge in [0.1, 0.15) is 5.75 Å². The maximum atomic E-state index is 11.5. The summed E-state index contributed by atoms with van der Waals surface area (Å²) < 4.78 is 5.51. The number of hydrogen-bond acceptors (Lipinski definition) is 2. The van der Waals surface area contributed by atoms with Gasteiger partial charge < -0.3 is 10.1 Å². The van der Waals surface area contributed by atoms with Crippen LogP contribution in [-0.2, 0) is 17.6 Å². The van der Waals surface area contributed by atoms with Crippen molar-refractivity contribution in [2.45, 2.75) is 39.0 Å². The van der Waals surface area contributed by atoms with Gasteiger partial charge in [-0.3, -0.25) is 4.79 Å². The van der Waals surface area contributed by atoms with Crippen molar-refractivity contribution in [2.24, 2.45) is 0 Å². The highest BCUT2D eigenvalue weighted by Crippen LogP contribution is 2.25. The van der Waals surface area contributed by atoms with E-state index < -0.39 is 0 Å². The fraction of sp³-hybridized carbons (Fsp3) is 0.533. The minimum atomic E-state index is -0.0380. The average Bonchev–Trinajstić information content (AvgIpc) is 2.84. The van der Waals surface area contributed by atoms with E-state index in [-0.39, 0.29) is 12.5 Å². The highest BCUT2D eigenvalue weighted by Gasteiger charge is 2.11. The van der Waals surface area contributed by atoms with E-state index in [0.717, 1.165) is 31.6 Å². The molecule has 1 aromatic carbocycles. The summed E-state index contributed by atoms with van der Waals surface area (Å²) in [6, 6.07) is 6.15. The molecule has 0 heterocycles. The molecule has 1 N–H and O–H groups in total. The van der Waals surface area contributed by atoms with Gasteiger partial charge in [-0.15, -0.1) is 0 Å². The number of amides is 1. The van der Waals surface area contributed by atoms with Crippen LogP contribution in [0, 0.1) is 0 Å². The van der Waals surface area contributed by atoms with Crippen molar-refractivity contribution in [1.29, 1.82) is 0 Å². The zero-order chi connectivity index (χ0) is 12.8. The van der Waals surface area contributed by atoms with Crippen LogP contribution in [-0.4, -0.2) is 19.1 Å². The largest absolute Gasteiger partial charge is 0.484 e. The second-order valence-electron chi connectivity index (χ2n) is 4.78. The van der Waals surface area contributed by atoms with Gasteiger partial charge in [0.25, 0.3) is 5.91 Å². The first-order valence-corrected chi connectivity index (χ1v) is 6.81. The number of aryl methyl sites for hydroxylation is 2. The second-order valence-corrected chi connectivity index (χ2v) is 4.78. The molecule has 0 saturated heterocycles. The Hall–Kier alpha value is -1.51. The first kappa shape index (κ1) is 12.9. The lowest BCUT2D eigenvalue weighted by molar-refractivity contribution is -0.123. The molecule has 18 heavy (non-hydrogen) atoms. The fourth-order valence-electron chi connectivity index (χ4n) is 2.24. The minimum absolute atomic E-state index is 0.0380. The Kier molecular flexibility index (Phi) is 4.62. The molecule has 0 bridgehead atoms. The van der Waals surface area contributed by atoms with Crippen molar-refractivity contribution in [2.75, 3.05) is 13.2 Å². The Morgan fingerprint density at radius 1 is 1.33 bits per heavy atom. The highest BCUT2D eigenvalue weighted by atomic mass is 16.5. The lowest BCUT2D eigenvalue weighted by Crippen LogP contribution is -2.29. The van der Waals surface area contributed by atoms with E-state index in [1.54, 1.807) is 0 Å². The number of fused-ring (bicyclic) bond motifs is 1. The number of carbonyl (C=O) groups is 1. The van der Waals surface area contributed by atoms with E-state index in [2.05, 4.69) is 24.4 Å². The molecule has 1 aliphatic rings. The lowest BCUT2D eigenvalue weighted by Gasteiger charge is -2.08. The SMILES string of the molecule is CCCCNC(=O)COc1ccc2c(c1)CCC2. The van der Waals surface area contributed by atoms with Crippen molar-refractivity contribution < 1.29 is 9.53 Å². The number of carbonyl (C=O) groups excluding carboxylic acids is 1. The summed E-state index contributed by atoms with van der Waals surface area (Å²) >= 11 is 0. The van der Waals surface area contributed by atoms with Crippen LogP contribution in [0.1, 0.15) is 37.3 Å². The maximum absolute atomic E-state index is 11.5. The van der Waals surface area contributed by atoms with E-state index in [1.165, 1.54) is 24.0 Å². The molecule has 0 saturated carbocycles. The van der Waals surface area contributed by atoms with Crippen molar-refractivity contribution >= 4 is 5.91 Å². The summed E-state index contributed by atoms with van der Waals surface area (Å²) in [6.45, 7) is 2.96. The van der Waals surface area contributed by atoms with Gasteiger partial charge in [-0.2, -0.15) is 0 Å². The van der Waals surface area contributed by atoms with E-state index in [9.17, 15) is 4.79 Å². The molecule has 1 amide bonds. The number of nitrogens with one attached hydrogen (secondary N) is 1. The summed E-state index contributed by atoms with van der Waals surface area (Å²) in [5, 5.41) is 2.84. The van der Waals surface area contributed by atoms with Gasteiger partial charge in [0.2, 0.25) is 0 Å². The molecule has 0 unspecified atom stereocenters. The Morgan fingerprint density at radius 3 is 3.00 bits per heavy atom. The molecule has 0 radical (unpaired) electrons. The number of unbranched alkanes of at least 4 members (excludes halogenated alkanes) is 1. The smallest absolute Gasteiger partial charge is 0.257 e. The first-order chi connectivity index (χ1) is 8.79. The Bertz CT molecular complexity index is 415. The average molecular weight is 247 g/mol. The quantitative estimate of drug-likeness (QED) is 0.784. The molecular weight excluding hydrogens is 226 g/mol. The van der Waals surface area contributed by atoms with Crippen LogP contribution in [0.25, 0.3) is 0 Å². The van der Waals surface area contributed by atoms with Crippen molar-refractivity contribution in [3.05, 3.63) is 29.3 Å².